The van der Waals surface area contributed by atoms with Gasteiger partial charge in [0, 0.05) is 30.9 Å². The number of anilines is 1. The van der Waals surface area contributed by atoms with E-state index >= 15 is 0 Å². The molecule has 2 N–H and O–H groups in total. The fourth-order valence-electron chi connectivity index (χ4n) is 3.32. The van der Waals surface area contributed by atoms with Gasteiger partial charge in [-0.1, -0.05) is 0 Å². The Hall–Kier alpha value is -2.61. The molecule has 0 spiro atoms. The van der Waals surface area contributed by atoms with Crippen LogP contribution in [0.25, 0.3) is 0 Å². The van der Waals surface area contributed by atoms with Crippen molar-refractivity contribution >= 4 is 17.5 Å². The molecule has 2 amide bonds. The lowest BCUT2D eigenvalue weighted by atomic mass is 10.0. The minimum Gasteiger partial charge on any atom is -0.490 e. The van der Waals surface area contributed by atoms with Crippen LogP contribution in [0.15, 0.2) is 18.2 Å². The van der Waals surface area contributed by atoms with E-state index in [1.165, 1.54) is 30.0 Å². The number of Topliss-reactive ketones (excluding diaryl/α,β-unsaturated/α-hetero) is 1. The second kappa shape index (κ2) is 11.8. The molecule has 1 rings (SSSR count). The number of ether oxygens (including phenoxy) is 1. The summed E-state index contributed by atoms with van der Waals surface area (Å²) in [7, 11) is 0. The van der Waals surface area contributed by atoms with E-state index in [2.05, 4.69) is 5.32 Å². The topological polar surface area (TPSA) is 82.1 Å². The highest BCUT2D eigenvalue weighted by Crippen LogP contribution is 2.49. The van der Waals surface area contributed by atoms with Gasteiger partial charge >= 0.3 is 24.2 Å². The lowest BCUT2D eigenvalue weighted by molar-refractivity contribution is -0.398. The van der Waals surface area contributed by atoms with Crippen molar-refractivity contribution in [3.63, 3.8) is 0 Å². The number of β-amino-alcohol motifs (C(OH)–C–C–N with tert-alkyl or cyclic N) is 1. The van der Waals surface area contributed by atoms with Gasteiger partial charge in [-0.15, -0.1) is 0 Å². The molecule has 7 nitrogen and oxygen atoms in total. The molecule has 0 heterocycles. The number of nitrogens with one attached hydrogen (secondary N) is 1. The van der Waals surface area contributed by atoms with Crippen molar-refractivity contribution in [3.05, 3.63) is 23.8 Å². The van der Waals surface area contributed by atoms with Gasteiger partial charge in [-0.25, -0.2) is 9.69 Å². The number of aliphatic hydroxyl groups excluding tert-OH is 1. The summed E-state index contributed by atoms with van der Waals surface area (Å²) in [6.45, 7) is 6.42. The number of hydrogen-bond donors (Lipinski definition) is 2. The Kier molecular flexibility index (Phi) is 10.4. The van der Waals surface area contributed by atoms with Crippen molar-refractivity contribution in [1.29, 1.82) is 0 Å². The van der Waals surface area contributed by atoms with E-state index in [0.717, 1.165) is 20.8 Å². The Morgan fingerprint density at radius 2 is 1.57 bits per heavy atom. The number of rotatable bonds is 11. The first-order valence-electron chi connectivity index (χ1n) is 11.3. The highest BCUT2D eigenvalue weighted by atomic mass is 19.4. The molecule has 1 unspecified atom stereocenters. The third-order valence-corrected chi connectivity index (χ3v) is 5.37. The van der Waals surface area contributed by atoms with Gasteiger partial charge in [0.05, 0.1) is 5.56 Å². The van der Waals surface area contributed by atoms with Gasteiger partial charge < -0.3 is 20.1 Å². The van der Waals surface area contributed by atoms with Gasteiger partial charge in [0.2, 0.25) is 0 Å². The highest BCUT2D eigenvalue weighted by molar-refractivity contribution is 5.99. The fourth-order valence-corrected chi connectivity index (χ4v) is 3.32. The summed E-state index contributed by atoms with van der Waals surface area (Å²) in [5.41, 5.74) is -1.73. The maximum Gasteiger partial charge on any atom is 0.461 e. The second-order valence-corrected chi connectivity index (χ2v) is 9.23. The molecule has 0 fully saturated rings. The Morgan fingerprint density at radius 1 is 1.03 bits per heavy atom. The largest absolute Gasteiger partial charge is 0.490 e. The molecule has 0 bridgehead atoms. The number of carbonyl (C=O) groups excluding carboxylic acids is 2. The molecule has 1 aromatic rings. The average Bonchev–Trinajstić information content (AvgIpc) is 2.75. The SMILES string of the molecule is CCN(CC)C(=O)Nc1ccc(OCC(O)CN(C(C)(C)C)C(F)(F)C(F)(F)C(F)(F)F)c(C(C)=O)c1. The van der Waals surface area contributed by atoms with Gasteiger partial charge in [-0.3, -0.25) is 4.79 Å². The summed E-state index contributed by atoms with van der Waals surface area (Å²) in [5, 5.41) is 12.8. The lowest BCUT2D eigenvalue weighted by Crippen LogP contribution is -2.66. The quantitative estimate of drug-likeness (QED) is 0.221. The number of nitrogens with zero attached hydrogens (tertiary/aromatic N) is 2. The number of benzene rings is 1. The molecule has 0 aliphatic rings. The molecule has 0 aliphatic heterocycles. The predicted octanol–water partition coefficient (Wildman–Crippen LogP) is 5.39. The van der Waals surface area contributed by atoms with E-state index < -0.39 is 59.7 Å². The number of carbonyl (C=O) groups is 2. The monoisotopic (exact) mass is 547 g/mol. The van der Waals surface area contributed by atoms with Crippen LogP contribution in [0.2, 0.25) is 0 Å². The van der Waals surface area contributed by atoms with Crippen molar-refractivity contribution in [1.82, 2.24) is 9.80 Å². The Balaban J connectivity index is 3.10. The molecular weight excluding hydrogens is 515 g/mol. The zero-order valence-corrected chi connectivity index (χ0v) is 21.3. The van der Waals surface area contributed by atoms with Crippen molar-refractivity contribution in [3.8, 4) is 5.75 Å². The number of hydrogen-bond acceptors (Lipinski definition) is 5. The molecule has 0 radical (unpaired) electrons. The zero-order chi connectivity index (χ0) is 29.0. The summed E-state index contributed by atoms with van der Waals surface area (Å²) in [4.78, 5) is 25.3. The Bertz CT molecular complexity index is 945. The summed E-state index contributed by atoms with van der Waals surface area (Å²) in [5.74, 6) is -7.04. The first-order valence-corrected chi connectivity index (χ1v) is 11.3. The zero-order valence-electron chi connectivity index (χ0n) is 21.3. The van der Waals surface area contributed by atoms with Crippen LogP contribution in [0.1, 0.15) is 51.9 Å². The van der Waals surface area contributed by atoms with Crippen molar-refractivity contribution in [2.24, 2.45) is 0 Å². The summed E-state index contributed by atoms with van der Waals surface area (Å²) in [6, 6.07) is -2.21. The standard InChI is InChI=1S/C23H32F7N3O4/c1-7-32(8-2)19(36)31-15-9-10-18(17(11-15)14(3)34)37-13-16(35)12-33(20(4,5)6)23(29,30)21(24,25)22(26,27)28/h9-11,16,35H,7-8,12-13H2,1-6H3,(H,31,36). The Labute approximate surface area is 210 Å². The van der Waals surface area contributed by atoms with Crippen molar-refractivity contribution in [2.45, 2.75) is 71.3 Å². The molecule has 0 aliphatic carbocycles. The van der Waals surface area contributed by atoms with Crippen LogP contribution in [0.4, 0.5) is 41.2 Å². The number of amides is 2. The molecule has 1 atom stereocenters. The van der Waals surface area contributed by atoms with Crippen LogP contribution in [0, 0.1) is 0 Å². The maximum atomic E-state index is 14.4. The molecule has 14 heteroatoms. The van der Waals surface area contributed by atoms with E-state index in [-0.39, 0.29) is 17.0 Å². The predicted molar refractivity (Wildman–Crippen MR) is 122 cm³/mol. The van der Waals surface area contributed by atoms with Crippen LogP contribution < -0.4 is 10.1 Å². The van der Waals surface area contributed by atoms with E-state index in [1.54, 1.807) is 13.8 Å². The van der Waals surface area contributed by atoms with Gasteiger partial charge in [0.15, 0.2) is 5.78 Å². The van der Waals surface area contributed by atoms with Gasteiger partial charge in [0.1, 0.15) is 18.5 Å². The van der Waals surface area contributed by atoms with Crippen LogP contribution in [-0.2, 0) is 0 Å². The van der Waals surface area contributed by atoms with Crippen LogP contribution in [-0.4, -0.2) is 82.8 Å². The fraction of sp³-hybridized carbons (Fsp3) is 0.652. The van der Waals surface area contributed by atoms with Crippen LogP contribution in [0.3, 0.4) is 0 Å². The third-order valence-electron chi connectivity index (χ3n) is 5.37. The molecular formula is C23H32F7N3O4. The number of ketones is 1. The van der Waals surface area contributed by atoms with Crippen molar-refractivity contribution < 1.29 is 50.2 Å². The molecule has 37 heavy (non-hydrogen) atoms. The van der Waals surface area contributed by atoms with E-state index in [9.17, 15) is 45.4 Å². The van der Waals surface area contributed by atoms with E-state index in [1.807, 2.05) is 0 Å². The van der Waals surface area contributed by atoms with Gasteiger partial charge in [-0.05, 0) is 59.7 Å². The first kappa shape index (κ1) is 32.4. The van der Waals surface area contributed by atoms with Crippen LogP contribution >= 0.6 is 0 Å². The minimum absolute atomic E-state index is 0.0499. The smallest absolute Gasteiger partial charge is 0.461 e. The number of aliphatic hydroxyl groups is 1. The molecule has 0 saturated carbocycles. The number of alkyl halides is 7. The first-order chi connectivity index (χ1) is 16.7. The summed E-state index contributed by atoms with van der Waals surface area (Å²) in [6.07, 6.45) is -8.49. The second-order valence-electron chi connectivity index (χ2n) is 9.23. The van der Waals surface area contributed by atoms with Crippen LogP contribution in [0.5, 0.6) is 5.75 Å². The molecule has 0 aromatic heterocycles. The molecule has 0 saturated heterocycles. The summed E-state index contributed by atoms with van der Waals surface area (Å²) >= 11 is 0. The summed E-state index contributed by atoms with van der Waals surface area (Å²) < 4.78 is 99.6. The molecule has 212 valence electrons. The lowest BCUT2D eigenvalue weighted by Gasteiger charge is -2.44. The number of halogens is 7. The van der Waals surface area contributed by atoms with Gasteiger partial charge in [-0.2, -0.15) is 30.7 Å². The maximum absolute atomic E-state index is 14.4. The average molecular weight is 548 g/mol. The van der Waals surface area contributed by atoms with E-state index in [0.29, 0.717) is 13.1 Å². The third kappa shape index (κ3) is 7.69. The highest BCUT2D eigenvalue weighted by Gasteiger charge is 2.76. The van der Waals surface area contributed by atoms with Gasteiger partial charge in [0.25, 0.3) is 0 Å². The number of urea groups is 1. The minimum atomic E-state index is -6.54. The normalized spacial score (nSPS) is 13.9. The van der Waals surface area contributed by atoms with E-state index in [4.69, 9.17) is 4.74 Å². The molecule has 1 aromatic carbocycles. The Morgan fingerprint density at radius 3 is 2.00 bits per heavy atom. The van der Waals surface area contributed by atoms with Crippen molar-refractivity contribution in [2.75, 3.05) is 31.6 Å².